The summed E-state index contributed by atoms with van der Waals surface area (Å²) in [6, 6.07) is 7.18. The Balaban J connectivity index is 1.91. The Morgan fingerprint density at radius 3 is 2.20 bits per heavy atom. The number of aryl methyl sites for hydroxylation is 4. The van der Waals surface area contributed by atoms with Crippen molar-refractivity contribution in [2.24, 2.45) is 0 Å². The van der Waals surface area contributed by atoms with Gasteiger partial charge in [0.2, 0.25) is 0 Å². The molecule has 0 aliphatic heterocycles. The number of nitrogens with zero attached hydrogens (tertiary/aromatic N) is 3. The third-order valence-corrected chi connectivity index (χ3v) is 5.63. The molecule has 2 heterocycles. The van der Waals surface area contributed by atoms with Crippen molar-refractivity contribution in [2.75, 3.05) is 4.72 Å². The zero-order valence-corrected chi connectivity index (χ0v) is 15.4. The van der Waals surface area contributed by atoms with Gasteiger partial charge in [-0.1, -0.05) is 17.7 Å². The van der Waals surface area contributed by atoms with E-state index in [0.29, 0.717) is 16.4 Å². The SMILES string of the molecule is Cc1cc(C)c(S(=O)(=O)Nc2ccc(-n3ccnc3C)nc2)c(C)c1. The third kappa shape index (κ3) is 3.41. The van der Waals surface area contributed by atoms with Gasteiger partial charge in [-0.05, 0) is 51.0 Å². The summed E-state index contributed by atoms with van der Waals surface area (Å²) in [5, 5.41) is 0. The number of anilines is 1. The Labute approximate surface area is 147 Å². The van der Waals surface area contributed by atoms with Crippen LogP contribution in [0, 0.1) is 27.7 Å². The number of imidazole rings is 1. The number of pyridine rings is 1. The molecule has 0 amide bonds. The van der Waals surface area contributed by atoms with Gasteiger partial charge in [-0.25, -0.2) is 18.4 Å². The summed E-state index contributed by atoms with van der Waals surface area (Å²) >= 11 is 0. The van der Waals surface area contributed by atoms with Gasteiger partial charge in [0.15, 0.2) is 0 Å². The zero-order chi connectivity index (χ0) is 18.2. The smallest absolute Gasteiger partial charge is 0.262 e. The highest BCUT2D eigenvalue weighted by Crippen LogP contribution is 2.24. The maximum absolute atomic E-state index is 12.8. The molecule has 3 rings (SSSR count). The molecule has 0 aliphatic carbocycles. The molecule has 6 nitrogen and oxygen atoms in total. The average molecular weight is 356 g/mol. The van der Waals surface area contributed by atoms with E-state index in [1.54, 1.807) is 38.4 Å². The number of hydrogen-bond acceptors (Lipinski definition) is 4. The van der Waals surface area contributed by atoms with Gasteiger partial charge in [0.1, 0.15) is 11.6 Å². The first-order chi connectivity index (χ1) is 11.8. The van der Waals surface area contributed by atoms with E-state index in [9.17, 15) is 8.42 Å². The van der Waals surface area contributed by atoms with Crippen LogP contribution < -0.4 is 4.72 Å². The molecule has 7 heteroatoms. The molecule has 25 heavy (non-hydrogen) atoms. The van der Waals surface area contributed by atoms with Crippen LogP contribution in [0.1, 0.15) is 22.5 Å². The van der Waals surface area contributed by atoms with E-state index >= 15 is 0 Å². The van der Waals surface area contributed by atoms with Crippen LogP contribution in [-0.2, 0) is 10.0 Å². The van der Waals surface area contributed by atoms with Crippen LogP contribution in [0.3, 0.4) is 0 Å². The van der Waals surface area contributed by atoms with E-state index in [4.69, 9.17) is 0 Å². The normalized spacial score (nSPS) is 11.5. The molecular formula is C18H20N4O2S. The molecule has 1 N–H and O–H groups in total. The Morgan fingerprint density at radius 1 is 1.00 bits per heavy atom. The van der Waals surface area contributed by atoms with Gasteiger partial charge in [-0.3, -0.25) is 9.29 Å². The Hall–Kier alpha value is -2.67. The second kappa shape index (κ2) is 6.33. The van der Waals surface area contributed by atoms with Gasteiger partial charge in [0.25, 0.3) is 10.0 Å². The number of sulfonamides is 1. The number of nitrogens with one attached hydrogen (secondary N) is 1. The summed E-state index contributed by atoms with van der Waals surface area (Å²) in [5.41, 5.74) is 2.91. The molecule has 130 valence electrons. The van der Waals surface area contributed by atoms with Gasteiger partial charge in [-0.15, -0.1) is 0 Å². The lowest BCUT2D eigenvalue weighted by Gasteiger charge is -2.14. The highest BCUT2D eigenvalue weighted by molar-refractivity contribution is 7.92. The zero-order valence-electron chi connectivity index (χ0n) is 14.6. The first kappa shape index (κ1) is 17.2. The maximum Gasteiger partial charge on any atom is 0.262 e. The van der Waals surface area contributed by atoms with E-state index < -0.39 is 10.0 Å². The fourth-order valence-corrected chi connectivity index (χ4v) is 4.50. The summed E-state index contributed by atoms with van der Waals surface area (Å²) in [7, 11) is -3.68. The standard InChI is InChI=1S/C18H20N4O2S/c1-12-9-13(2)18(14(3)10-12)25(23,24)21-16-5-6-17(20-11-16)22-8-7-19-15(22)4/h5-11,21H,1-4H3. The van der Waals surface area contributed by atoms with Crippen LogP contribution in [0.5, 0.6) is 0 Å². The number of rotatable bonds is 4. The molecule has 0 bridgehead atoms. The predicted octanol–water partition coefficient (Wildman–Crippen LogP) is 3.30. The monoisotopic (exact) mass is 356 g/mol. The van der Waals surface area contributed by atoms with Crippen molar-refractivity contribution in [2.45, 2.75) is 32.6 Å². The summed E-state index contributed by atoms with van der Waals surface area (Å²) in [6.45, 7) is 7.43. The summed E-state index contributed by atoms with van der Waals surface area (Å²) < 4.78 is 30.0. The lowest BCUT2D eigenvalue weighted by atomic mass is 10.1. The highest BCUT2D eigenvalue weighted by atomic mass is 32.2. The first-order valence-electron chi connectivity index (χ1n) is 7.85. The molecule has 0 aliphatic rings. The van der Waals surface area contributed by atoms with Gasteiger partial charge in [-0.2, -0.15) is 0 Å². The van der Waals surface area contributed by atoms with Crippen LogP contribution >= 0.6 is 0 Å². The average Bonchev–Trinajstić information content (AvgIpc) is 2.92. The van der Waals surface area contributed by atoms with E-state index in [0.717, 1.165) is 22.5 Å². The van der Waals surface area contributed by atoms with Gasteiger partial charge < -0.3 is 0 Å². The minimum atomic E-state index is -3.68. The van der Waals surface area contributed by atoms with Crippen molar-refractivity contribution >= 4 is 15.7 Å². The van der Waals surface area contributed by atoms with E-state index in [1.807, 2.05) is 30.5 Å². The third-order valence-electron chi connectivity index (χ3n) is 3.95. The molecule has 2 aromatic heterocycles. The van der Waals surface area contributed by atoms with Gasteiger partial charge >= 0.3 is 0 Å². The minimum absolute atomic E-state index is 0.313. The highest BCUT2D eigenvalue weighted by Gasteiger charge is 2.20. The van der Waals surface area contributed by atoms with Crippen molar-refractivity contribution in [3.8, 4) is 5.82 Å². The summed E-state index contributed by atoms with van der Waals surface area (Å²) in [5.74, 6) is 1.49. The largest absolute Gasteiger partial charge is 0.288 e. The first-order valence-corrected chi connectivity index (χ1v) is 9.33. The molecule has 0 saturated heterocycles. The number of benzene rings is 1. The van der Waals surface area contributed by atoms with Crippen LogP contribution in [0.2, 0.25) is 0 Å². The maximum atomic E-state index is 12.8. The Bertz CT molecular complexity index is 998. The Kier molecular flexibility index (Phi) is 4.34. The van der Waals surface area contributed by atoms with Crippen LogP contribution in [0.4, 0.5) is 5.69 Å². The van der Waals surface area contributed by atoms with Crippen molar-refractivity contribution in [1.29, 1.82) is 0 Å². The minimum Gasteiger partial charge on any atom is -0.288 e. The molecule has 3 aromatic rings. The summed E-state index contributed by atoms with van der Waals surface area (Å²) in [4.78, 5) is 8.78. The van der Waals surface area contributed by atoms with E-state index in [2.05, 4.69) is 14.7 Å². The molecule has 0 radical (unpaired) electrons. The molecule has 0 fully saturated rings. The van der Waals surface area contributed by atoms with Crippen molar-refractivity contribution < 1.29 is 8.42 Å². The molecule has 1 aromatic carbocycles. The lowest BCUT2D eigenvalue weighted by molar-refractivity contribution is 0.600. The fraction of sp³-hybridized carbons (Fsp3) is 0.222. The molecule has 0 atom stereocenters. The fourth-order valence-electron chi connectivity index (χ4n) is 3.01. The van der Waals surface area contributed by atoms with Crippen LogP contribution in [-0.4, -0.2) is 23.0 Å². The molecule has 0 unspecified atom stereocenters. The quantitative estimate of drug-likeness (QED) is 0.778. The van der Waals surface area contributed by atoms with Crippen molar-refractivity contribution in [1.82, 2.24) is 14.5 Å². The second-order valence-corrected chi connectivity index (χ2v) is 7.70. The number of hydrogen-bond donors (Lipinski definition) is 1. The lowest BCUT2D eigenvalue weighted by Crippen LogP contribution is -2.16. The topological polar surface area (TPSA) is 76.9 Å². The second-order valence-electron chi connectivity index (χ2n) is 6.08. The number of aromatic nitrogens is 3. The molecular weight excluding hydrogens is 336 g/mol. The van der Waals surface area contributed by atoms with Crippen LogP contribution in [0.25, 0.3) is 5.82 Å². The summed E-state index contributed by atoms with van der Waals surface area (Å²) in [6.07, 6.45) is 5.00. The van der Waals surface area contributed by atoms with Crippen LogP contribution in [0.15, 0.2) is 47.8 Å². The Morgan fingerprint density at radius 2 is 1.68 bits per heavy atom. The molecule has 0 saturated carbocycles. The van der Waals surface area contributed by atoms with Gasteiger partial charge in [0, 0.05) is 12.4 Å². The predicted molar refractivity (Wildman–Crippen MR) is 97.6 cm³/mol. The van der Waals surface area contributed by atoms with Gasteiger partial charge in [0.05, 0.1) is 16.8 Å². The van der Waals surface area contributed by atoms with Crippen molar-refractivity contribution in [3.05, 3.63) is 65.4 Å². The van der Waals surface area contributed by atoms with Crippen molar-refractivity contribution in [3.63, 3.8) is 0 Å². The molecule has 0 spiro atoms. The van der Waals surface area contributed by atoms with E-state index in [-0.39, 0.29) is 0 Å². The van der Waals surface area contributed by atoms with E-state index in [1.165, 1.54) is 6.20 Å².